The van der Waals surface area contributed by atoms with Crippen LogP contribution in [-0.2, 0) is 17.5 Å². The molecule has 0 radical (unpaired) electrons. The minimum Gasteiger partial charge on any atom is -0.481 e. The summed E-state index contributed by atoms with van der Waals surface area (Å²) >= 11 is 0. The Kier molecular flexibility index (Phi) is 6.29. The normalized spacial score (nSPS) is 12.5. The lowest BCUT2D eigenvalue weighted by molar-refractivity contribution is -0.137. The van der Waals surface area contributed by atoms with Gasteiger partial charge in [0.15, 0.2) is 6.10 Å². The summed E-state index contributed by atoms with van der Waals surface area (Å²) in [7, 11) is 0. The van der Waals surface area contributed by atoms with E-state index in [1.165, 1.54) is 6.07 Å². The van der Waals surface area contributed by atoms with Gasteiger partial charge in [0.05, 0.1) is 5.56 Å². The molecule has 1 unspecified atom stereocenters. The minimum atomic E-state index is -4.40. The van der Waals surface area contributed by atoms with E-state index in [1.54, 1.807) is 6.07 Å². The first-order valence-corrected chi connectivity index (χ1v) is 8.38. The van der Waals surface area contributed by atoms with Crippen LogP contribution in [0.2, 0.25) is 0 Å². The fourth-order valence-electron chi connectivity index (χ4n) is 2.65. The van der Waals surface area contributed by atoms with Crippen LogP contribution in [0.25, 0.3) is 0 Å². The van der Waals surface area contributed by atoms with Crippen LogP contribution in [0.4, 0.5) is 13.2 Å². The second-order valence-electron chi connectivity index (χ2n) is 6.25. The van der Waals surface area contributed by atoms with Gasteiger partial charge in [0, 0.05) is 6.54 Å². The lowest BCUT2D eigenvalue weighted by Crippen LogP contribution is -2.37. The Balaban J connectivity index is 2.01. The van der Waals surface area contributed by atoms with E-state index in [9.17, 15) is 18.0 Å². The molecule has 0 saturated heterocycles. The highest BCUT2D eigenvalue weighted by Gasteiger charge is 2.30. The van der Waals surface area contributed by atoms with Crippen molar-refractivity contribution in [3.05, 3.63) is 64.7 Å². The van der Waals surface area contributed by atoms with Crippen molar-refractivity contribution in [3.63, 3.8) is 0 Å². The van der Waals surface area contributed by atoms with Crippen molar-refractivity contribution in [2.45, 2.75) is 46.0 Å². The largest absolute Gasteiger partial charge is 0.481 e. The molecule has 2 rings (SSSR count). The maximum Gasteiger partial charge on any atom is 0.416 e. The number of carbonyl (C=O) groups excluding carboxylic acids is 1. The summed E-state index contributed by atoms with van der Waals surface area (Å²) in [5, 5.41) is 2.65. The predicted molar refractivity (Wildman–Crippen MR) is 93.9 cm³/mol. The number of benzene rings is 2. The molecule has 0 aromatic heterocycles. The van der Waals surface area contributed by atoms with Crippen LogP contribution in [0.3, 0.4) is 0 Å². The van der Waals surface area contributed by atoms with E-state index in [1.807, 2.05) is 39.0 Å². The summed E-state index contributed by atoms with van der Waals surface area (Å²) in [6, 6.07) is 10.6. The quantitative estimate of drug-likeness (QED) is 0.799. The molecule has 0 fully saturated rings. The van der Waals surface area contributed by atoms with Gasteiger partial charge < -0.3 is 10.1 Å². The zero-order valence-electron chi connectivity index (χ0n) is 15.0. The average Bonchev–Trinajstić information content (AvgIpc) is 2.56. The van der Waals surface area contributed by atoms with Crippen molar-refractivity contribution < 1.29 is 22.7 Å². The average molecular weight is 365 g/mol. The molecule has 2 aromatic rings. The first-order valence-electron chi connectivity index (χ1n) is 8.38. The molecule has 0 saturated carbocycles. The third-order valence-corrected chi connectivity index (χ3v) is 3.86. The van der Waals surface area contributed by atoms with Gasteiger partial charge >= 0.3 is 6.18 Å². The molecule has 2 aromatic carbocycles. The monoisotopic (exact) mass is 365 g/mol. The van der Waals surface area contributed by atoms with Crippen molar-refractivity contribution in [1.29, 1.82) is 0 Å². The molecule has 0 heterocycles. The number of amides is 1. The number of nitrogens with one attached hydrogen (secondary N) is 1. The molecular weight excluding hydrogens is 343 g/mol. The number of carbonyl (C=O) groups is 1. The van der Waals surface area contributed by atoms with E-state index < -0.39 is 17.8 Å². The fourth-order valence-corrected chi connectivity index (χ4v) is 2.65. The van der Waals surface area contributed by atoms with Crippen LogP contribution < -0.4 is 10.1 Å². The third-order valence-electron chi connectivity index (χ3n) is 3.86. The van der Waals surface area contributed by atoms with Crippen LogP contribution >= 0.6 is 0 Å². The molecule has 0 aliphatic rings. The van der Waals surface area contributed by atoms with Crippen LogP contribution in [0.15, 0.2) is 42.5 Å². The van der Waals surface area contributed by atoms with Crippen LogP contribution in [-0.4, -0.2) is 12.0 Å². The van der Waals surface area contributed by atoms with Gasteiger partial charge in [-0.1, -0.05) is 25.1 Å². The van der Waals surface area contributed by atoms with E-state index in [2.05, 4.69) is 5.32 Å². The zero-order chi connectivity index (χ0) is 19.3. The molecule has 0 spiro atoms. The van der Waals surface area contributed by atoms with Crippen molar-refractivity contribution in [3.8, 4) is 5.75 Å². The second kappa shape index (κ2) is 8.25. The topological polar surface area (TPSA) is 38.3 Å². The SMILES string of the molecule is CCC(Oc1cc(C)cc(C)c1)C(=O)NCc1cccc(C(F)(F)F)c1. The predicted octanol–water partition coefficient (Wildman–Crippen LogP) is 4.80. The Morgan fingerprint density at radius 2 is 1.77 bits per heavy atom. The highest BCUT2D eigenvalue weighted by molar-refractivity contribution is 5.81. The molecule has 1 amide bonds. The number of hydrogen-bond acceptors (Lipinski definition) is 2. The smallest absolute Gasteiger partial charge is 0.416 e. The van der Waals surface area contributed by atoms with Crippen molar-refractivity contribution in [2.75, 3.05) is 0 Å². The van der Waals surface area contributed by atoms with Crippen LogP contribution in [0.1, 0.15) is 35.6 Å². The van der Waals surface area contributed by atoms with Crippen molar-refractivity contribution >= 4 is 5.91 Å². The van der Waals surface area contributed by atoms with Gasteiger partial charge in [0.25, 0.3) is 5.91 Å². The summed E-state index contributed by atoms with van der Waals surface area (Å²) in [5.74, 6) is 0.243. The first kappa shape index (κ1) is 19.8. The zero-order valence-corrected chi connectivity index (χ0v) is 15.0. The van der Waals surface area contributed by atoms with Gasteiger partial charge in [-0.05, 0) is 61.2 Å². The molecule has 0 bridgehead atoms. The number of halogens is 3. The second-order valence-corrected chi connectivity index (χ2v) is 6.25. The Hall–Kier alpha value is -2.50. The van der Waals surface area contributed by atoms with E-state index >= 15 is 0 Å². The molecule has 140 valence electrons. The number of rotatable bonds is 6. The van der Waals surface area contributed by atoms with E-state index in [-0.39, 0.29) is 12.5 Å². The molecule has 0 aliphatic carbocycles. The molecule has 6 heteroatoms. The molecular formula is C20H22F3NO2. The van der Waals surface area contributed by atoms with E-state index in [4.69, 9.17) is 4.74 Å². The summed E-state index contributed by atoms with van der Waals surface area (Å²) in [6.45, 7) is 5.70. The van der Waals surface area contributed by atoms with Gasteiger partial charge in [-0.25, -0.2) is 0 Å². The van der Waals surface area contributed by atoms with E-state index in [0.717, 1.165) is 23.3 Å². The van der Waals surface area contributed by atoms with Crippen LogP contribution in [0, 0.1) is 13.8 Å². The van der Waals surface area contributed by atoms with Gasteiger partial charge in [0.2, 0.25) is 0 Å². The van der Waals surface area contributed by atoms with E-state index in [0.29, 0.717) is 17.7 Å². The van der Waals surface area contributed by atoms with Crippen molar-refractivity contribution in [1.82, 2.24) is 5.32 Å². The fraction of sp³-hybridized carbons (Fsp3) is 0.350. The Labute approximate surface area is 151 Å². The summed E-state index contributed by atoms with van der Waals surface area (Å²) in [5.41, 5.74) is 1.70. The highest BCUT2D eigenvalue weighted by Crippen LogP contribution is 2.29. The first-order chi connectivity index (χ1) is 12.2. The van der Waals surface area contributed by atoms with Crippen LogP contribution in [0.5, 0.6) is 5.75 Å². The van der Waals surface area contributed by atoms with Gasteiger partial charge in [-0.15, -0.1) is 0 Å². The van der Waals surface area contributed by atoms with Crippen molar-refractivity contribution in [2.24, 2.45) is 0 Å². The molecule has 1 N–H and O–H groups in total. The standard InChI is InChI=1S/C20H22F3NO2/c1-4-18(26-17-9-13(2)8-14(3)10-17)19(25)24-12-15-6-5-7-16(11-15)20(21,22)23/h5-11,18H,4,12H2,1-3H3,(H,24,25). The Morgan fingerprint density at radius 1 is 1.12 bits per heavy atom. The summed E-state index contributed by atoms with van der Waals surface area (Å²) in [4.78, 5) is 12.3. The number of alkyl halides is 3. The maximum absolute atomic E-state index is 12.7. The third kappa shape index (κ3) is 5.51. The lowest BCUT2D eigenvalue weighted by atomic mass is 10.1. The summed E-state index contributed by atoms with van der Waals surface area (Å²) < 4.78 is 44.0. The number of hydrogen-bond donors (Lipinski definition) is 1. The number of ether oxygens (including phenoxy) is 1. The van der Waals surface area contributed by atoms with Gasteiger partial charge in [-0.2, -0.15) is 13.2 Å². The van der Waals surface area contributed by atoms with Gasteiger partial charge in [0.1, 0.15) is 5.75 Å². The molecule has 26 heavy (non-hydrogen) atoms. The minimum absolute atomic E-state index is 0.00938. The Morgan fingerprint density at radius 3 is 2.35 bits per heavy atom. The Bertz CT molecular complexity index is 752. The molecule has 3 nitrogen and oxygen atoms in total. The molecule has 1 atom stereocenters. The maximum atomic E-state index is 12.7. The number of aryl methyl sites for hydroxylation is 2. The summed E-state index contributed by atoms with van der Waals surface area (Å²) in [6.07, 6.45) is -4.67. The molecule has 0 aliphatic heterocycles. The van der Waals surface area contributed by atoms with Gasteiger partial charge in [-0.3, -0.25) is 4.79 Å². The highest BCUT2D eigenvalue weighted by atomic mass is 19.4. The lowest BCUT2D eigenvalue weighted by Gasteiger charge is -2.18.